The van der Waals surface area contributed by atoms with Crippen molar-refractivity contribution in [2.75, 3.05) is 26.2 Å². The Hall–Kier alpha value is -2.20. The Morgan fingerprint density at radius 2 is 1.73 bits per heavy atom. The lowest BCUT2D eigenvalue weighted by atomic mass is 9.85. The lowest BCUT2D eigenvalue weighted by Gasteiger charge is -2.37. The van der Waals surface area contributed by atoms with Crippen molar-refractivity contribution >= 4 is 5.91 Å². The molecule has 0 aromatic heterocycles. The molecule has 0 N–H and O–H groups in total. The molecule has 0 unspecified atom stereocenters. The first-order valence-corrected chi connectivity index (χ1v) is 12.8. The molecule has 4 heteroatoms. The van der Waals surface area contributed by atoms with Crippen LogP contribution in [0.4, 0.5) is 4.39 Å². The third kappa shape index (κ3) is 5.84. The number of amides is 1. The van der Waals surface area contributed by atoms with Crippen LogP contribution < -0.4 is 0 Å². The molecule has 0 spiro atoms. The minimum Gasteiger partial charge on any atom is -0.335 e. The third-order valence-corrected chi connectivity index (χ3v) is 7.53. The van der Waals surface area contributed by atoms with Crippen molar-refractivity contribution in [2.45, 2.75) is 64.8 Å². The predicted octanol–water partition coefficient (Wildman–Crippen LogP) is 6.28. The van der Waals surface area contributed by atoms with Crippen LogP contribution in [0.25, 0.3) is 0 Å². The van der Waals surface area contributed by atoms with E-state index < -0.39 is 0 Å². The first-order chi connectivity index (χ1) is 15.9. The maximum Gasteiger partial charge on any atom is 0.254 e. The van der Waals surface area contributed by atoms with Gasteiger partial charge < -0.3 is 9.80 Å². The zero-order valence-corrected chi connectivity index (χ0v) is 20.5. The molecule has 1 saturated heterocycles. The third-order valence-electron chi connectivity index (χ3n) is 7.53. The summed E-state index contributed by atoms with van der Waals surface area (Å²) >= 11 is 0. The van der Waals surface area contributed by atoms with Crippen LogP contribution in [0.1, 0.15) is 73.4 Å². The Labute approximate surface area is 199 Å². The van der Waals surface area contributed by atoms with Gasteiger partial charge in [0.2, 0.25) is 0 Å². The van der Waals surface area contributed by atoms with Gasteiger partial charge in [0.1, 0.15) is 5.82 Å². The maximum atomic E-state index is 13.7. The molecular weight excluding hydrogens is 411 g/mol. The highest BCUT2D eigenvalue weighted by molar-refractivity contribution is 5.94. The number of hydrogen-bond acceptors (Lipinski definition) is 2. The van der Waals surface area contributed by atoms with Crippen molar-refractivity contribution in [3.05, 3.63) is 71.0 Å². The van der Waals surface area contributed by atoms with E-state index in [0.717, 1.165) is 39.0 Å². The summed E-state index contributed by atoms with van der Waals surface area (Å²) in [6, 6.07) is 15.1. The van der Waals surface area contributed by atoms with Gasteiger partial charge in [0.05, 0.1) is 0 Å². The van der Waals surface area contributed by atoms with Crippen molar-refractivity contribution in [2.24, 2.45) is 11.8 Å². The highest BCUT2D eigenvalue weighted by Gasteiger charge is 2.38. The molecule has 2 atom stereocenters. The van der Waals surface area contributed by atoms with Crippen LogP contribution in [0.3, 0.4) is 0 Å². The molecule has 1 aliphatic heterocycles. The molecule has 2 aliphatic rings. The van der Waals surface area contributed by atoms with Gasteiger partial charge in [-0.2, -0.15) is 0 Å². The molecule has 0 bridgehead atoms. The fourth-order valence-electron chi connectivity index (χ4n) is 5.97. The van der Waals surface area contributed by atoms with Gasteiger partial charge in [-0.25, -0.2) is 4.39 Å². The molecule has 2 aromatic rings. The molecule has 1 amide bonds. The van der Waals surface area contributed by atoms with Crippen molar-refractivity contribution in [3.63, 3.8) is 0 Å². The predicted molar refractivity (Wildman–Crippen MR) is 133 cm³/mol. The molecular formula is C29H39FN2O. The molecule has 1 saturated carbocycles. The Balaban J connectivity index is 1.62. The van der Waals surface area contributed by atoms with Gasteiger partial charge in [0.25, 0.3) is 5.91 Å². The van der Waals surface area contributed by atoms with E-state index in [1.807, 2.05) is 0 Å². The van der Waals surface area contributed by atoms with E-state index in [1.165, 1.54) is 42.5 Å². The van der Waals surface area contributed by atoms with Crippen LogP contribution in [-0.2, 0) is 0 Å². The second kappa shape index (κ2) is 10.8. The van der Waals surface area contributed by atoms with Gasteiger partial charge in [-0.15, -0.1) is 0 Å². The molecule has 33 heavy (non-hydrogen) atoms. The van der Waals surface area contributed by atoms with Crippen LogP contribution in [0.15, 0.2) is 48.5 Å². The quantitative estimate of drug-likeness (QED) is 0.496. The highest BCUT2D eigenvalue weighted by atomic mass is 19.1. The second-order valence-corrected chi connectivity index (χ2v) is 10.6. The van der Waals surface area contributed by atoms with Gasteiger partial charge >= 0.3 is 0 Å². The maximum absolute atomic E-state index is 13.7. The van der Waals surface area contributed by atoms with Crippen molar-refractivity contribution in [1.29, 1.82) is 0 Å². The summed E-state index contributed by atoms with van der Waals surface area (Å²) in [6.07, 6.45) is 5.77. The highest BCUT2D eigenvalue weighted by Crippen LogP contribution is 2.37. The zero-order valence-electron chi connectivity index (χ0n) is 20.5. The normalized spacial score (nSPS) is 22.1. The summed E-state index contributed by atoms with van der Waals surface area (Å²) in [5, 5.41) is 0. The molecule has 2 fully saturated rings. The minimum atomic E-state index is -0.296. The van der Waals surface area contributed by atoms with E-state index in [-0.39, 0.29) is 17.8 Å². The summed E-state index contributed by atoms with van der Waals surface area (Å²) in [7, 11) is 0. The zero-order chi connectivity index (χ0) is 23.4. The molecule has 4 rings (SSSR count). The van der Waals surface area contributed by atoms with Gasteiger partial charge in [-0.05, 0) is 67.0 Å². The molecule has 1 aliphatic carbocycles. The number of hydrogen-bond donors (Lipinski definition) is 0. The van der Waals surface area contributed by atoms with E-state index in [0.29, 0.717) is 23.3 Å². The molecule has 0 radical (unpaired) electrons. The van der Waals surface area contributed by atoms with Crippen LogP contribution in [0.5, 0.6) is 0 Å². The van der Waals surface area contributed by atoms with Gasteiger partial charge in [0.15, 0.2) is 0 Å². The SMILES string of the molecule is Cc1ccccc1[C@@H]1CN(CC(C)C)C[C@@H]1CN(C(=O)c1ccc(F)cc1)C1CCCCC1. The van der Waals surface area contributed by atoms with Crippen molar-refractivity contribution < 1.29 is 9.18 Å². The Bertz CT molecular complexity index is 919. The number of carbonyl (C=O) groups is 1. The smallest absolute Gasteiger partial charge is 0.254 e. The number of carbonyl (C=O) groups excluding carboxylic acids is 1. The molecule has 178 valence electrons. The van der Waals surface area contributed by atoms with E-state index in [1.54, 1.807) is 12.1 Å². The van der Waals surface area contributed by atoms with Gasteiger partial charge in [0, 0.05) is 43.7 Å². The van der Waals surface area contributed by atoms with Crippen LogP contribution >= 0.6 is 0 Å². The van der Waals surface area contributed by atoms with Crippen molar-refractivity contribution in [3.8, 4) is 0 Å². The summed E-state index contributed by atoms with van der Waals surface area (Å²) < 4.78 is 13.5. The summed E-state index contributed by atoms with van der Waals surface area (Å²) in [5.74, 6) is 1.22. The summed E-state index contributed by atoms with van der Waals surface area (Å²) in [5.41, 5.74) is 3.37. The number of halogens is 1. The standard InChI is InChI=1S/C29H39FN2O/c1-21(2)17-31-18-24(28(20-31)27-12-8-7-9-22(27)3)19-32(26-10-5-4-6-11-26)29(33)23-13-15-25(30)16-14-23/h7-9,12-16,21,24,26,28H,4-6,10-11,17-20H2,1-3H3/t24-,28-/m1/s1. The number of benzene rings is 2. The fourth-order valence-corrected chi connectivity index (χ4v) is 5.97. The number of nitrogens with zero attached hydrogens (tertiary/aromatic N) is 2. The minimum absolute atomic E-state index is 0.0627. The van der Waals surface area contributed by atoms with E-state index >= 15 is 0 Å². The van der Waals surface area contributed by atoms with Crippen LogP contribution in [0.2, 0.25) is 0 Å². The van der Waals surface area contributed by atoms with Gasteiger partial charge in [-0.3, -0.25) is 4.79 Å². The number of rotatable bonds is 7. The monoisotopic (exact) mass is 450 g/mol. The van der Waals surface area contributed by atoms with Crippen LogP contribution in [-0.4, -0.2) is 47.9 Å². The fraction of sp³-hybridized carbons (Fsp3) is 0.552. The second-order valence-electron chi connectivity index (χ2n) is 10.6. The first kappa shape index (κ1) is 23.9. The molecule has 3 nitrogen and oxygen atoms in total. The molecule has 1 heterocycles. The number of aryl methyl sites for hydroxylation is 1. The number of likely N-dealkylation sites (tertiary alicyclic amines) is 1. The van der Waals surface area contributed by atoms with E-state index in [9.17, 15) is 9.18 Å². The largest absolute Gasteiger partial charge is 0.335 e. The van der Waals surface area contributed by atoms with E-state index in [4.69, 9.17) is 0 Å². The van der Waals surface area contributed by atoms with Gasteiger partial charge in [-0.1, -0.05) is 57.4 Å². The lowest BCUT2D eigenvalue weighted by Crippen LogP contribution is -2.45. The lowest BCUT2D eigenvalue weighted by molar-refractivity contribution is 0.0587. The molecule has 2 aromatic carbocycles. The first-order valence-electron chi connectivity index (χ1n) is 12.8. The van der Waals surface area contributed by atoms with E-state index in [2.05, 4.69) is 54.8 Å². The summed E-state index contributed by atoms with van der Waals surface area (Å²) in [4.78, 5) is 18.4. The Morgan fingerprint density at radius 3 is 2.39 bits per heavy atom. The Morgan fingerprint density at radius 1 is 1.03 bits per heavy atom. The van der Waals surface area contributed by atoms with Crippen molar-refractivity contribution in [1.82, 2.24) is 9.80 Å². The Kier molecular flexibility index (Phi) is 7.85. The van der Waals surface area contributed by atoms with Crippen LogP contribution in [0, 0.1) is 24.6 Å². The summed E-state index contributed by atoms with van der Waals surface area (Å²) in [6.45, 7) is 10.7. The average Bonchev–Trinajstić information content (AvgIpc) is 3.19. The average molecular weight is 451 g/mol. The topological polar surface area (TPSA) is 23.6 Å².